The van der Waals surface area contributed by atoms with Gasteiger partial charge in [-0.25, -0.2) is 0 Å². The van der Waals surface area contributed by atoms with Crippen molar-refractivity contribution in [2.75, 3.05) is 26.2 Å². The molecule has 4 N–H and O–H groups in total. The molecule has 0 bridgehead atoms. The van der Waals surface area contributed by atoms with Crippen LogP contribution in [0.2, 0.25) is 0 Å². The molecule has 354 valence electrons. The van der Waals surface area contributed by atoms with Crippen molar-refractivity contribution in [3.05, 3.63) is 165 Å². The number of aliphatic imine (C=N–C) groups is 4. The van der Waals surface area contributed by atoms with Gasteiger partial charge in [0.25, 0.3) is 0 Å². The molecular formula is C54H52N4O6S4W. The summed E-state index contributed by atoms with van der Waals surface area (Å²) < 4.78 is 17.1. The fraction of sp³-hybridized carbons (Fsp3) is 0.185. The third-order valence-corrected chi connectivity index (χ3v) is 14.0. The molecule has 0 fully saturated rings. The van der Waals surface area contributed by atoms with Crippen molar-refractivity contribution in [3.8, 4) is 64.8 Å². The molecule has 0 saturated heterocycles. The van der Waals surface area contributed by atoms with E-state index >= 15 is 0 Å². The maximum atomic E-state index is 10.2. The molecule has 0 aliphatic rings. The molecule has 0 aliphatic heterocycles. The number of nitrogens with zero attached hydrogens (tertiary/aromatic N) is 4. The van der Waals surface area contributed by atoms with Gasteiger partial charge in [0.1, 0.15) is 23.0 Å². The summed E-state index contributed by atoms with van der Waals surface area (Å²) in [5, 5.41) is 49.0. The van der Waals surface area contributed by atoms with Gasteiger partial charge in [-0.15, -0.1) is 45.3 Å². The van der Waals surface area contributed by atoms with Gasteiger partial charge in [0.2, 0.25) is 0 Å². The van der Waals surface area contributed by atoms with Crippen LogP contribution in [0.5, 0.6) is 23.0 Å². The molecule has 0 aliphatic carbocycles. The van der Waals surface area contributed by atoms with Crippen LogP contribution >= 0.6 is 45.3 Å². The van der Waals surface area contributed by atoms with Gasteiger partial charge in [-0.2, -0.15) is 0 Å². The normalized spacial score (nSPS) is 11.8. The first-order chi connectivity index (χ1) is 33.2. The molecule has 0 atom stereocenters. The van der Waals surface area contributed by atoms with E-state index in [1.54, 1.807) is 94.5 Å². The molecule has 0 radical (unpaired) electrons. The zero-order chi connectivity index (χ0) is 49.2. The van der Waals surface area contributed by atoms with Crippen LogP contribution in [0.15, 0.2) is 163 Å². The molecule has 8 rings (SSSR count). The van der Waals surface area contributed by atoms with Crippen LogP contribution in [0.4, 0.5) is 0 Å². The van der Waals surface area contributed by atoms with Gasteiger partial charge in [-0.05, 0) is 141 Å². The first-order valence-electron chi connectivity index (χ1n) is 21.6. The molecule has 10 nitrogen and oxygen atoms in total. The molecule has 8 aromatic rings. The SMILES string of the molecule is CC(C)(CN=Cc1cc(-c2cccs2)ccc1O)CN=Cc1cc(-c2cccs2)ccc1O.CC(C)(CN=Cc1cc(-c2cccs2)ccc1O)CN=Cc1cc(-c2cccs2)ccc1O.[O]=[W]=[O]. The van der Waals surface area contributed by atoms with Crippen molar-refractivity contribution >= 4 is 70.2 Å². The Morgan fingerprint density at radius 1 is 0.406 bits per heavy atom. The van der Waals surface area contributed by atoms with E-state index in [1.807, 2.05) is 94.3 Å². The average Bonchev–Trinajstić information content (AvgIpc) is 4.19. The predicted octanol–water partition coefficient (Wildman–Crippen LogP) is 14.0. The fourth-order valence-electron chi connectivity index (χ4n) is 6.68. The monoisotopic (exact) mass is 1160 g/mol. The zero-order valence-electron chi connectivity index (χ0n) is 38.4. The molecule has 15 heteroatoms. The fourth-order valence-corrected chi connectivity index (χ4v) is 9.58. The molecular weight excluding hydrogens is 1110 g/mol. The first-order valence-corrected chi connectivity index (χ1v) is 27.5. The summed E-state index contributed by atoms with van der Waals surface area (Å²) in [4.78, 5) is 23.0. The Hall–Kier alpha value is -6.15. The Morgan fingerprint density at radius 3 is 0.812 bits per heavy atom. The predicted molar refractivity (Wildman–Crippen MR) is 284 cm³/mol. The van der Waals surface area contributed by atoms with E-state index in [1.165, 1.54) is 0 Å². The maximum absolute atomic E-state index is 10.2. The quantitative estimate of drug-likeness (QED) is 0.0704. The number of hydrogen-bond donors (Lipinski definition) is 4. The molecule has 0 amide bonds. The number of thiophene rings is 4. The van der Waals surface area contributed by atoms with Gasteiger partial charge >= 0.3 is 25.3 Å². The van der Waals surface area contributed by atoms with Crippen LogP contribution < -0.4 is 0 Å². The van der Waals surface area contributed by atoms with Crippen LogP contribution in [-0.4, -0.2) is 71.5 Å². The van der Waals surface area contributed by atoms with Crippen molar-refractivity contribution < 1.29 is 45.7 Å². The Kier molecular flexibility index (Phi) is 19.3. The second kappa shape index (κ2) is 25.5. The zero-order valence-corrected chi connectivity index (χ0v) is 44.6. The summed E-state index contributed by atoms with van der Waals surface area (Å²) in [7, 11) is 0. The number of hydrogen-bond acceptors (Lipinski definition) is 14. The topological polar surface area (TPSA) is 164 Å². The van der Waals surface area contributed by atoms with Crippen LogP contribution in [0.25, 0.3) is 41.8 Å². The molecule has 69 heavy (non-hydrogen) atoms. The minimum absolute atomic E-state index is 0.172. The van der Waals surface area contributed by atoms with E-state index in [0.717, 1.165) is 41.8 Å². The van der Waals surface area contributed by atoms with E-state index in [2.05, 4.69) is 71.9 Å². The standard InChI is InChI=1S/2C27H26N2O2S2.2O.W/c2*1-27(2,17-28-15-21-13-19(7-9-23(21)30)25-5-3-11-32-25)18-29-16-22-14-20(8-10-24(22)31)26-6-4-12-33-26;;;/h2*3-16,30-31H,17-18H2,1-2H3;;;. The summed E-state index contributed by atoms with van der Waals surface area (Å²) in [6.07, 6.45) is 6.92. The molecule has 0 unspecified atom stereocenters. The first kappa shape index (κ1) is 52.2. The van der Waals surface area contributed by atoms with Crippen molar-refractivity contribution in [3.63, 3.8) is 0 Å². The Balaban J connectivity index is 0.000000215. The van der Waals surface area contributed by atoms with Crippen LogP contribution in [0.1, 0.15) is 49.9 Å². The van der Waals surface area contributed by atoms with Crippen molar-refractivity contribution in [1.29, 1.82) is 0 Å². The van der Waals surface area contributed by atoms with Gasteiger partial charge in [-0.3, -0.25) is 20.0 Å². The summed E-state index contributed by atoms with van der Waals surface area (Å²) in [6.45, 7) is 10.7. The van der Waals surface area contributed by atoms with E-state index < -0.39 is 18.5 Å². The molecule has 4 aromatic heterocycles. The summed E-state index contributed by atoms with van der Waals surface area (Å²) in [5.74, 6) is 0.874. The van der Waals surface area contributed by atoms with Crippen LogP contribution in [0.3, 0.4) is 0 Å². The Labute approximate surface area is 427 Å². The van der Waals surface area contributed by atoms with E-state index in [9.17, 15) is 20.4 Å². The molecule has 4 aromatic carbocycles. The summed E-state index contributed by atoms with van der Waals surface area (Å²) >= 11 is 4.42. The third kappa shape index (κ3) is 16.0. The Morgan fingerprint density at radius 2 is 0.623 bits per heavy atom. The summed E-state index contributed by atoms with van der Waals surface area (Å²) in [6, 6.07) is 38.7. The number of phenolic OH excluding ortho intramolecular Hbond substituents is 4. The second-order valence-electron chi connectivity index (χ2n) is 17.3. The molecule has 0 saturated carbocycles. The molecule has 0 spiro atoms. The van der Waals surface area contributed by atoms with Crippen molar-refractivity contribution in [2.24, 2.45) is 30.8 Å². The summed E-state index contributed by atoms with van der Waals surface area (Å²) in [5.41, 5.74) is 6.74. The van der Waals surface area contributed by atoms with Gasteiger partial charge in [0.15, 0.2) is 0 Å². The number of rotatable bonds is 16. The molecule has 4 heterocycles. The number of benzene rings is 4. The van der Waals surface area contributed by atoms with Gasteiger partial charge < -0.3 is 20.4 Å². The van der Waals surface area contributed by atoms with Gasteiger partial charge in [0, 0.05) is 104 Å². The van der Waals surface area contributed by atoms with Gasteiger partial charge in [0.05, 0.1) is 0 Å². The van der Waals surface area contributed by atoms with Crippen LogP contribution in [0, 0.1) is 10.8 Å². The van der Waals surface area contributed by atoms with Crippen molar-refractivity contribution in [1.82, 2.24) is 0 Å². The van der Waals surface area contributed by atoms with E-state index in [4.69, 9.17) is 6.80 Å². The van der Waals surface area contributed by atoms with Gasteiger partial charge in [-0.1, -0.05) is 52.0 Å². The number of phenols is 4. The van der Waals surface area contributed by atoms with Crippen molar-refractivity contribution in [2.45, 2.75) is 27.7 Å². The third-order valence-electron chi connectivity index (χ3n) is 10.3. The average molecular weight is 1170 g/mol. The van der Waals surface area contributed by atoms with E-state index in [0.29, 0.717) is 48.4 Å². The van der Waals surface area contributed by atoms with Crippen LogP contribution in [-0.2, 0) is 25.3 Å². The van der Waals surface area contributed by atoms with E-state index in [-0.39, 0.29) is 33.8 Å². The number of aromatic hydroxyl groups is 4. The second-order valence-corrected chi connectivity index (χ2v) is 21.6. The minimum atomic E-state index is -2.25. The Bertz CT molecular complexity index is 2630.